The molecule has 6 nitrogen and oxygen atoms in total. The monoisotopic (exact) mass is 318 g/mol. The summed E-state index contributed by atoms with van der Waals surface area (Å²) in [6.45, 7) is 0. The molecule has 0 radical (unpaired) electrons. The third-order valence-electron chi connectivity index (χ3n) is 3.71. The molecule has 2 aromatic heterocycles. The van der Waals surface area contributed by atoms with Crippen LogP contribution in [-0.2, 0) is 0 Å². The van der Waals surface area contributed by atoms with Crippen LogP contribution in [-0.4, -0.2) is 25.2 Å². The molecule has 2 aromatic carbocycles. The summed E-state index contributed by atoms with van der Waals surface area (Å²) in [7, 11) is 0. The minimum atomic E-state index is 0.184. The van der Waals surface area contributed by atoms with Gasteiger partial charge in [0.25, 0.3) is 0 Å². The predicted octanol–water partition coefficient (Wildman–Crippen LogP) is 3.78. The number of aromatic hydroxyl groups is 2. The number of rotatable bonds is 3. The van der Waals surface area contributed by atoms with Gasteiger partial charge in [-0.15, -0.1) is 0 Å². The zero-order valence-corrected chi connectivity index (χ0v) is 12.6. The average Bonchev–Trinajstić information content (AvgIpc) is 3.01. The van der Waals surface area contributed by atoms with Crippen LogP contribution in [0.25, 0.3) is 22.3 Å². The normalized spacial score (nSPS) is 10.8. The van der Waals surface area contributed by atoms with E-state index in [1.54, 1.807) is 30.3 Å². The number of phenolic OH excluding ortho intramolecular Hbond substituents is 2. The van der Waals surface area contributed by atoms with E-state index in [0.29, 0.717) is 11.5 Å². The summed E-state index contributed by atoms with van der Waals surface area (Å²) in [4.78, 5) is 11.8. The maximum absolute atomic E-state index is 9.58. The van der Waals surface area contributed by atoms with E-state index >= 15 is 0 Å². The molecule has 24 heavy (non-hydrogen) atoms. The van der Waals surface area contributed by atoms with Crippen LogP contribution < -0.4 is 5.32 Å². The van der Waals surface area contributed by atoms with Crippen LogP contribution >= 0.6 is 0 Å². The second-order valence-corrected chi connectivity index (χ2v) is 5.39. The van der Waals surface area contributed by atoms with Crippen LogP contribution in [0.15, 0.2) is 60.9 Å². The number of aromatic nitrogens is 3. The quantitative estimate of drug-likeness (QED) is 0.461. The van der Waals surface area contributed by atoms with Crippen molar-refractivity contribution in [1.82, 2.24) is 15.0 Å². The van der Waals surface area contributed by atoms with Gasteiger partial charge < -0.3 is 20.5 Å². The molecule has 0 aliphatic heterocycles. The summed E-state index contributed by atoms with van der Waals surface area (Å²) in [6.07, 6.45) is 1.48. The van der Waals surface area contributed by atoms with Crippen molar-refractivity contribution < 1.29 is 10.2 Å². The lowest BCUT2D eigenvalue weighted by molar-refractivity contribution is 0.475. The third kappa shape index (κ3) is 2.61. The Morgan fingerprint density at radius 2 is 1.71 bits per heavy atom. The highest BCUT2D eigenvalue weighted by Gasteiger charge is 2.10. The molecule has 0 saturated heterocycles. The highest BCUT2D eigenvalue weighted by molar-refractivity contribution is 5.93. The van der Waals surface area contributed by atoms with Crippen molar-refractivity contribution in [1.29, 1.82) is 0 Å². The van der Waals surface area contributed by atoms with E-state index in [1.807, 2.05) is 24.3 Å². The van der Waals surface area contributed by atoms with Gasteiger partial charge in [0.1, 0.15) is 29.3 Å². The molecule has 118 valence electrons. The van der Waals surface area contributed by atoms with Gasteiger partial charge in [0.05, 0.1) is 5.39 Å². The number of aromatic amines is 1. The molecule has 0 unspecified atom stereocenters. The largest absolute Gasteiger partial charge is 0.508 e. The summed E-state index contributed by atoms with van der Waals surface area (Å²) >= 11 is 0. The van der Waals surface area contributed by atoms with Gasteiger partial charge in [0.15, 0.2) is 0 Å². The van der Waals surface area contributed by atoms with Crippen LogP contribution in [0, 0.1) is 0 Å². The summed E-state index contributed by atoms with van der Waals surface area (Å²) in [6, 6.07) is 15.7. The molecular formula is C18H14N4O2. The Morgan fingerprint density at radius 1 is 0.875 bits per heavy atom. The number of nitrogens with one attached hydrogen (secondary N) is 2. The van der Waals surface area contributed by atoms with Crippen molar-refractivity contribution in [3.63, 3.8) is 0 Å². The van der Waals surface area contributed by atoms with Gasteiger partial charge in [-0.3, -0.25) is 0 Å². The molecule has 0 aliphatic rings. The van der Waals surface area contributed by atoms with Crippen molar-refractivity contribution in [3.05, 3.63) is 60.9 Å². The minimum Gasteiger partial charge on any atom is -0.508 e. The standard InChI is InChI=1S/C18H14N4O2/c23-13-6-4-11(5-7-13)16-9-15-17(19-10-20-18(15)22-16)21-12-2-1-3-14(24)8-12/h1-10,23-24H,(H2,19,20,21,22). The van der Waals surface area contributed by atoms with Crippen molar-refractivity contribution in [2.45, 2.75) is 0 Å². The molecule has 4 aromatic rings. The van der Waals surface area contributed by atoms with E-state index in [1.165, 1.54) is 6.33 Å². The SMILES string of the molecule is Oc1ccc(-c2cc3c(Nc4cccc(O)c4)ncnc3[nH]2)cc1. The second-order valence-electron chi connectivity index (χ2n) is 5.39. The third-order valence-corrected chi connectivity index (χ3v) is 3.71. The first kappa shape index (κ1) is 14.1. The zero-order chi connectivity index (χ0) is 16.5. The minimum absolute atomic E-state index is 0.184. The van der Waals surface area contributed by atoms with Gasteiger partial charge in [0.2, 0.25) is 0 Å². The van der Waals surface area contributed by atoms with Gasteiger partial charge in [-0.05, 0) is 48.0 Å². The lowest BCUT2D eigenvalue weighted by atomic mass is 10.1. The zero-order valence-electron chi connectivity index (χ0n) is 12.6. The van der Waals surface area contributed by atoms with E-state index in [4.69, 9.17) is 0 Å². The molecule has 4 rings (SSSR count). The van der Waals surface area contributed by atoms with E-state index < -0.39 is 0 Å². The first-order valence-electron chi connectivity index (χ1n) is 7.38. The van der Waals surface area contributed by atoms with Gasteiger partial charge in [0, 0.05) is 17.4 Å². The maximum Gasteiger partial charge on any atom is 0.143 e. The Kier molecular flexibility index (Phi) is 3.28. The Labute approximate surface area is 137 Å². The summed E-state index contributed by atoms with van der Waals surface area (Å²) < 4.78 is 0. The Hall–Kier alpha value is -3.54. The Morgan fingerprint density at radius 3 is 2.50 bits per heavy atom. The number of phenols is 2. The highest BCUT2D eigenvalue weighted by atomic mass is 16.3. The second kappa shape index (κ2) is 5.58. The van der Waals surface area contributed by atoms with E-state index in [-0.39, 0.29) is 11.5 Å². The first-order valence-corrected chi connectivity index (χ1v) is 7.38. The van der Waals surface area contributed by atoms with Crippen molar-refractivity contribution in [3.8, 4) is 22.8 Å². The fraction of sp³-hybridized carbons (Fsp3) is 0. The number of H-pyrrole nitrogens is 1. The van der Waals surface area contributed by atoms with Crippen LogP contribution in [0.5, 0.6) is 11.5 Å². The van der Waals surface area contributed by atoms with Crippen LogP contribution in [0.1, 0.15) is 0 Å². The molecule has 2 heterocycles. The number of anilines is 2. The molecule has 0 spiro atoms. The fourth-order valence-electron chi connectivity index (χ4n) is 2.56. The molecule has 6 heteroatoms. The number of benzene rings is 2. The molecule has 0 saturated carbocycles. The number of nitrogens with zero attached hydrogens (tertiary/aromatic N) is 2. The average molecular weight is 318 g/mol. The molecule has 0 amide bonds. The van der Waals surface area contributed by atoms with Gasteiger partial charge >= 0.3 is 0 Å². The van der Waals surface area contributed by atoms with Crippen molar-refractivity contribution >= 4 is 22.5 Å². The number of hydrogen-bond acceptors (Lipinski definition) is 5. The van der Waals surface area contributed by atoms with E-state index in [0.717, 1.165) is 22.3 Å². The van der Waals surface area contributed by atoms with Gasteiger partial charge in [-0.25, -0.2) is 9.97 Å². The highest BCUT2D eigenvalue weighted by Crippen LogP contribution is 2.29. The van der Waals surface area contributed by atoms with Crippen molar-refractivity contribution in [2.24, 2.45) is 0 Å². The topological polar surface area (TPSA) is 94.1 Å². The van der Waals surface area contributed by atoms with Gasteiger partial charge in [-0.1, -0.05) is 6.07 Å². The smallest absolute Gasteiger partial charge is 0.143 e. The van der Waals surface area contributed by atoms with Crippen LogP contribution in [0.3, 0.4) is 0 Å². The Bertz CT molecular complexity index is 1010. The molecule has 0 fully saturated rings. The lowest BCUT2D eigenvalue weighted by Gasteiger charge is -2.06. The predicted molar refractivity (Wildman–Crippen MR) is 92.4 cm³/mol. The molecule has 0 atom stereocenters. The molecule has 4 N–H and O–H groups in total. The lowest BCUT2D eigenvalue weighted by Crippen LogP contribution is -1.94. The molecule has 0 aliphatic carbocycles. The van der Waals surface area contributed by atoms with Crippen molar-refractivity contribution in [2.75, 3.05) is 5.32 Å². The fourth-order valence-corrected chi connectivity index (χ4v) is 2.56. The van der Waals surface area contributed by atoms with Gasteiger partial charge in [-0.2, -0.15) is 0 Å². The molecule has 0 bridgehead atoms. The Balaban J connectivity index is 1.76. The maximum atomic E-state index is 9.58. The van der Waals surface area contributed by atoms with E-state index in [2.05, 4.69) is 20.3 Å². The van der Waals surface area contributed by atoms with E-state index in [9.17, 15) is 10.2 Å². The first-order chi connectivity index (χ1) is 11.7. The van der Waals surface area contributed by atoms with Crippen LogP contribution in [0.2, 0.25) is 0 Å². The van der Waals surface area contributed by atoms with Crippen LogP contribution in [0.4, 0.5) is 11.5 Å². The number of fused-ring (bicyclic) bond motifs is 1. The molecular weight excluding hydrogens is 304 g/mol. The summed E-state index contributed by atoms with van der Waals surface area (Å²) in [5.41, 5.74) is 3.26. The summed E-state index contributed by atoms with van der Waals surface area (Å²) in [5.74, 6) is 1.05. The number of hydrogen-bond donors (Lipinski definition) is 4. The summed E-state index contributed by atoms with van der Waals surface area (Å²) in [5, 5.41) is 23.0.